The van der Waals surface area contributed by atoms with Crippen LogP contribution in [0.2, 0.25) is 0 Å². The number of nitrogens with one attached hydrogen (secondary N) is 6. The van der Waals surface area contributed by atoms with Crippen LogP contribution in [0.3, 0.4) is 0 Å². The Hall–Kier alpha value is -4.49. The molecule has 1 aliphatic rings. The Kier molecular flexibility index (Phi) is 24.1. The second-order valence-corrected chi connectivity index (χ2v) is 15.8. The number of urea groups is 1. The molecule has 17 nitrogen and oxygen atoms in total. The Balaban J connectivity index is 1.40. The molecular formula is C43H66N6O11S. The smallest absolute Gasteiger partial charge is 0.327 e. The summed E-state index contributed by atoms with van der Waals surface area (Å²) >= 11 is 3.89. The van der Waals surface area contributed by atoms with Crippen molar-refractivity contribution >= 4 is 59.1 Å². The molecule has 1 unspecified atom stereocenters. The summed E-state index contributed by atoms with van der Waals surface area (Å²) in [5.41, 5.74) is 0.899. The van der Waals surface area contributed by atoms with E-state index in [0.29, 0.717) is 64.9 Å². The number of hydrogen-bond acceptors (Lipinski definition) is 11. The number of benzene rings is 2. The SMILES string of the molecule is CC(=O)NCCOCCOCCOCCC(C)NCC1CCC(C(=O)N[C@@H](Cc2ccc3ccccc3c2)C(=O)NCCCC[C@H](NC(=O)N[C@@H](CS)C(=O)O)C(=O)O)CC1. The van der Waals surface area contributed by atoms with Gasteiger partial charge in [-0.2, -0.15) is 12.6 Å². The molecule has 0 heterocycles. The first-order chi connectivity index (χ1) is 29.4. The van der Waals surface area contributed by atoms with Crippen LogP contribution in [0.5, 0.6) is 0 Å². The monoisotopic (exact) mass is 874 g/mol. The number of fused-ring (bicyclic) bond motifs is 1. The lowest BCUT2D eigenvalue weighted by atomic mass is 9.81. The number of hydrogen-bond donors (Lipinski definition) is 9. The standard InChI is InChI=1S/C43H66N6O11S/c1-29(16-19-58-21-23-60-24-22-59-20-18-44-30(2)50)46-27-31-10-14-34(15-11-31)39(51)47-37(26-32-12-13-33-7-3-4-8-35(33)25-32)40(52)45-17-6-5-9-36(41(53)54)48-43(57)49-38(28-61)42(55)56/h3-4,7-8,12-13,25,29,31,34,36-38,46,61H,5-6,9-11,14-24,26-28H2,1-2H3,(H,44,50)(H,45,52)(H,47,51)(H,53,54)(H,55,56)(H2,48,49,57)/t29?,31?,34?,36-,37-,38-/m0/s1. The van der Waals surface area contributed by atoms with E-state index in [4.69, 9.17) is 19.3 Å². The van der Waals surface area contributed by atoms with Crippen LogP contribution in [0.15, 0.2) is 42.5 Å². The van der Waals surface area contributed by atoms with Gasteiger partial charge in [0.15, 0.2) is 0 Å². The number of carbonyl (C=O) groups is 6. The van der Waals surface area contributed by atoms with Crippen molar-refractivity contribution < 1.29 is 53.2 Å². The van der Waals surface area contributed by atoms with Crippen LogP contribution >= 0.6 is 12.6 Å². The van der Waals surface area contributed by atoms with E-state index in [2.05, 4.69) is 51.5 Å². The molecule has 0 aromatic heterocycles. The number of aliphatic carboxylic acids is 2. The van der Waals surface area contributed by atoms with E-state index >= 15 is 0 Å². The van der Waals surface area contributed by atoms with Crippen LogP contribution in [-0.4, -0.2) is 135 Å². The molecule has 2 aromatic carbocycles. The molecule has 18 heteroatoms. The molecular weight excluding hydrogens is 809 g/mol. The largest absolute Gasteiger partial charge is 0.480 e. The summed E-state index contributed by atoms with van der Waals surface area (Å²) in [6, 6.07) is 9.87. The molecule has 4 atom stereocenters. The average Bonchev–Trinajstić information content (AvgIpc) is 3.24. The normalized spacial score (nSPS) is 17.0. The number of rotatable bonds is 30. The predicted molar refractivity (Wildman–Crippen MR) is 233 cm³/mol. The minimum atomic E-state index is -1.29. The fraction of sp³-hybridized carbons (Fsp3) is 0.628. The molecule has 5 amide bonds. The van der Waals surface area contributed by atoms with Crippen molar-refractivity contribution in [3.05, 3.63) is 48.0 Å². The molecule has 3 rings (SSSR count). The zero-order valence-corrected chi connectivity index (χ0v) is 36.4. The Morgan fingerprint density at radius 3 is 2.02 bits per heavy atom. The van der Waals surface area contributed by atoms with Gasteiger partial charge >= 0.3 is 18.0 Å². The van der Waals surface area contributed by atoms with Crippen molar-refractivity contribution in [1.29, 1.82) is 0 Å². The summed E-state index contributed by atoms with van der Waals surface area (Å²) in [6.45, 7) is 8.14. The highest BCUT2D eigenvalue weighted by Gasteiger charge is 2.30. The third kappa shape index (κ3) is 20.8. The molecule has 1 fully saturated rings. The molecule has 1 saturated carbocycles. The van der Waals surface area contributed by atoms with Crippen molar-refractivity contribution in [3.8, 4) is 0 Å². The molecule has 0 aliphatic heterocycles. The van der Waals surface area contributed by atoms with Gasteiger partial charge in [0.1, 0.15) is 18.1 Å². The summed E-state index contributed by atoms with van der Waals surface area (Å²) in [4.78, 5) is 73.2. The van der Waals surface area contributed by atoms with Crippen LogP contribution < -0.4 is 31.9 Å². The van der Waals surface area contributed by atoms with Crippen LogP contribution in [0.4, 0.5) is 4.79 Å². The van der Waals surface area contributed by atoms with E-state index in [1.165, 1.54) is 6.92 Å². The first kappa shape index (κ1) is 50.9. The number of carbonyl (C=O) groups excluding carboxylic acids is 4. The number of carboxylic acid groups (broad SMARTS) is 2. The van der Waals surface area contributed by atoms with E-state index in [-0.39, 0.29) is 54.8 Å². The Bertz CT molecular complexity index is 1680. The van der Waals surface area contributed by atoms with E-state index in [9.17, 15) is 33.9 Å². The number of thiol groups is 1. The maximum Gasteiger partial charge on any atom is 0.327 e. The molecule has 8 N–H and O–H groups in total. The van der Waals surface area contributed by atoms with E-state index in [1.54, 1.807) is 0 Å². The maximum atomic E-state index is 13.6. The lowest BCUT2D eigenvalue weighted by Crippen LogP contribution is -2.51. The van der Waals surface area contributed by atoms with Gasteiger partial charge < -0.3 is 56.3 Å². The zero-order chi connectivity index (χ0) is 44.4. The quantitative estimate of drug-likeness (QED) is 0.0407. The fourth-order valence-electron chi connectivity index (χ4n) is 6.91. The van der Waals surface area contributed by atoms with Crippen LogP contribution in [-0.2, 0) is 44.6 Å². The summed E-state index contributed by atoms with van der Waals surface area (Å²) < 4.78 is 16.6. The molecule has 1 aliphatic carbocycles. The van der Waals surface area contributed by atoms with Gasteiger partial charge in [-0.05, 0) is 87.1 Å². The Morgan fingerprint density at radius 2 is 1.36 bits per heavy atom. The van der Waals surface area contributed by atoms with Crippen LogP contribution in [0.25, 0.3) is 10.8 Å². The molecule has 61 heavy (non-hydrogen) atoms. The second-order valence-electron chi connectivity index (χ2n) is 15.5. The first-order valence-electron chi connectivity index (χ1n) is 21.3. The van der Waals surface area contributed by atoms with Gasteiger partial charge in [-0.1, -0.05) is 42.5 Å². The molecule has 2 aromatic rings. The highest BCUT2D eigenvalue weighted by molar-refractivity contribution is 7.80. The molecule has 0 radical (unpaired) electrons. The summed E-state index contributed by atoms with van der Waals surface area (Å²) in [5.74, 6) is -3.06. The van der Waals surface area contributed by atoms with Crippen molar-refractivity contribution in [3.63, 3.8) is 0 Å². The number of carboxylic acids is 2. The van der Waals surface area contributed by atoms with E-state index in [1.807, 2.05) is 42.5 Å². The predicted octanol–water partition coefficient (Wildman–Crippen LogP) is 2.65. The minimum Gasteiger partial charge on any atom is -0.480 e. The topological polar surface area (TPSA) is 243 Å². The van der Waals surface area contributed by atoms with Crippen molar-refractivity contribution in [2.24, 2.45) is 11.8 Å². The van der Waals surface area contributed by atoms with Gasteiger partial charge in [-0.15, -0.1) is 0 Å². The van der Waals surface area contributed by atoms with Crippen LogP contribution in [0.1, 0.15) is 70.8 Å². The van der Waals surface area contributed by atoms with Gasteiger partial charge in [0.25, 0.3) is 0 Å². The Morgan fingerprint density at radius 1 is 0.721 bits per heavy atom. The van der Waals surface area contributed by atoms with Gasteiger partial charge in [0, 0.05) is 50.8 Å². The van der Waals surface area contributed by atoms with Crippen molar-refractivity contribution in [2.45, 2.75) is 95.8 Å². The lowest BCUT2D eigenvalue weighted by molar-refractivity contribution is -0.139. The van der Waals surface area contributed by atoms with Crippen molar-refractivity contribution in [1.82, 2.24) is 31.9 Å². The summed E-state index contributed by atoms with van der Waals surface area (Å²) in [6.07, 6.45) is 5.19. The highest BCUT2D eigenvalue weighted by Crippen LogP contribution is 2.29. The van der Waals surface area contributed by atoms with Gasteiger partial charge in [-0.25, -0.2) is 14.4 Å². The molecule has 0 spiro atoms. The molecule has 0 bridgehead atoms. The summed E-state index contributed by atoms with van der Waals surface area (Å²) in [5, 5.41) is 37.5. The highest BCUT2D eigenvalue weighted by atomic mass is 32.1. The third-order valence-electron chi connectivity index (χ3n) is 10.5. The van der Waals surface area contributed by atoms with Crippen molar-refractivity contribution in [2.75, 3.05) is 65.0 Å². The lowest BCUT2D eigenvalue weighted by Gasteiger charge is -2.30. The number of ether oxygens (including phenoxy) is 3. The van der Waals surface area contributed by atoms with Crippen LogP contribution in [0, 0.1) is 11.8 Å². The summed E-state index contributed by atoms with van der Waals surface area (Å²) in [7, 11) is 0. The number of amides is 5. The van der Waals surface area contributed by atoms with Gasteiger partial charge in [0.05, 0.1) is 33.0 Å². The molecule has 340 valence electrons. The molecule has 0 saturated heterocycles. The number of unbranched alkanes of at least 4 members (excludes halogenated alkanes) is 1. The average molecular weight is 875 g/mol. The van der Waals surface area contributed by atoms with E-state index in [0.717, 1.165) is 55.0 Å². The zero-order valence-electron chi connectivity index (χ0n) is 35.5. The fourth-order valence-corrected chi connectivity index (χ4v) is 7.16. The van der Waals surface area contributed by atoms with E-state index < -0.39 is 36.1 Å². The minimum absolute atomic E-state index is 0.0540. The Labute approximate surface area is 364 Å². The van der Waals surface area contributed by atoms with Gasteiger partial charge in [0.2, 0.25) is 17.7 Å². The first-order valence-corrected chi connectivity index (χ1v) is 21.9. The third-order valence-corrected chi connectivity index (χ3v) is 10.9. The van der Waals surface area contributed by atoms with Gasteiger partial charge in [-0.3, -0.25) is 14.4 Å². The second kappa shape index (κ2) is 28.9. The maximum absolute atomic E-state index is 13.6.